The summed E-state index contributed by atoms with van der Waals surface area (Å²) in [5.74, 6) is 0.0361. The fraction of sp³-hybridized carbons (Fsp3) is 0.273. The number of rotatable bonds is 8. The number of hydrogen-bond acceptors (Lipinski definition) is 5. The monoisotopic (exact) mass is 456 g/mol. The number of hydrogen-bond donors (Lipinski definition) is 1. The number of carbonyl (C=O) groups is 1. The van der Waals surface area contributed by atoms with Gasteiger partial charge in [-0.15, -0.1) is 0 Å². The Labute approximate surface area is 186 Å². The third-order valence-electron chi connectivity index (χ3n) is 5.05. The molecule has 0 spiro atoms. The molecule has 31 heavy (non-hydrogen) atoms. The maximum absolute atomic E-state index is 12.6. The summed E-state index contributed by atoms with van der Waals surface area (Å²) >= 11 is 1.36. The minimum Gasteiger partial charge on any atom is -0.325 e. The quantitative estimate of drug-likeness (QED) is 0.525. The van der Waals surface area contributed by atoms with E-state index >= 15 is 0 Å². The van der Waals surface area contributed by atoms with E-state index in [-0.39, 0.29) is 16.6 Å². The van der Waals surface area contributed by atoms with Gasteiger partial charge in [0.05, 0.1) is 10.6 Å². The average molecular weight is 457 g/mol. The number of benzene rings is 2. The van der Waals surface area contributed by atoms with Crippen molar-refractivity contribution in [1.82, 2.24) is 13.9 Å². The van der Waals surface area contributed by atoms with Crippen molar-refractivity contribution >= 4 is 33.4 Å². The van der Waals surface area contributed by atoms with Crippen molar-refractivity contribution in [3.63, 3.8) is 0 Å². The van der Waals surface area contributed by atoms with Crippen LogP contribution < -0.4 is 5.32 Å². The van der Waals surface area contributed by atoms with Crippen LogP contribution in [0, 0.1) is 0 Å². The van der Waals surface area contributed by atoms with Gasteiger partial charge in [-0.25, -0.2) is 13.4 Å². The van der Waals surface area contributed by atoms with Crippen LogP contribution in [-0.4, -0.2) is 47.0 Å². The summed E-state index contributed by atoms with van der Waals surface area (Å²) in [6, 6.07) is 16.4. The van der Waals surface area contributed by atoms with Gasteiger partial charge in [-0.05, 0) is 42.7 Å². The van der Waals surface area contributed by atoms with Crippen LogP contribution in [0.3, 0.4) is 0 Å². The number of amides is 1. The van der Waals surface area contributed by atoms with Gasteiger partial charge < -0.3 is 9.88 Å². The highest BCUT2D eigenvalue weighted by atomic mass is 32.2. The number of sulfonamides is 1. The number of nitrogens with one attached hydrogen (secondary N) is 1. The number of nitrogens with zero attached hydrogens (tertiary/aromatic N) is 3. The molecule has 2 aromatic carbocycles. The van der Waals surface area contributed by atoms with E-state index in [9.17, 15) is 13.2 Å². The minimum atomic E-state index is -3.45. The van der Waals surface area contributed by atoms with E-state index in [0.29, 0.717) is 25.3 Å². The Hall–Kier alpha value is -2.62. The zero-order valence-electron chi connectivity index (χ0n) is 17.0. The smallest absolute Gasteiger partial charge is 0.243 e. The van der Waals surface area contributed by atoms with E-state index in [4.69, 9.17) is 0 Å². The first-order chi connectivity index (χ1) is 15.0. The van der Waals surface area contributed by atoms with E-state index in [0.717, 1.165) is 23.6 Å². The molecule has 9 heteroatoms. The van der Waals surface area contributed by atoms with Crippen molar-refractivity contribution in [3.8, 4) is 0 Å². The summed E-state index contributed by atoms with van der Waals surface area (Å²) in [5, 5.41) is 3.59. The van der Waals surface area contributed by atoms with Crippen LogP contribution in [0.5, 0.6) is 0 Å². The molecule has 1 N–H and O–H groups in total. The molecule has 0 bridgehead atoms. The summed E-state index contributed by atoms with van der Waals surface area (Å²) in [7, 11) is -3.45. The molecular weight excluding hydrogens is 432 g/mol. The average Bonchev–Trinajstić information content (AvgIpc) is 3.46. The number of carbonyl (C=O) groups excluding carboxylic acids is 1. The number of thioether (sulfide) groups is 1. The van der Waals surface area contributed by atoms with Crippen LogP contribution in [0.15, 0.2) is 77.0 Å². The van der Waals surface area contributed by atoms with Crippen LogP contribution in [-0.2, 0) is 21.4 Å². The first-order valence-corrected chi connectivity index (χ1v) is 12.5. The molecule has 0 aliphatic carbocycles. The summed E-state index contributed by atoms with van der Waals surface area (Å²) < 4.78 is 28.7. The van der Waals surface area contributed by atoms with Crippen molar-refractivity contribution in [1.29, 1.82) is 0 Å². The van der Waals surface area contributed by atoms with Gasteiger partial charge in [0.2, 0.25) is 15.9 Å². The van der Waals surface area contributed by atoms with Gasteiger partial charge >= 0.3 is 0 Å². The second-order valence-electron chi connectivity index (χ2n) is 7.30. The highest BCUT2D eigenvalue weighted by Crippen LogP contribution is 2.23. The van der Waals surface area contributed by atoms with Crippen LogP contribution in [0.1, 0.15) is 18.4 Å². The number of imidazole rings is 1. The third kappa shape index (κ3) is 5.36. The van der Waals surface area contributed by atoms with Gasteiger partial charge in [0.25, 0.3) is 0 Å². The van der Waals surface area contributed by atoms with Gasteiger partial charge in [-0.3, -0.25) is 4.79 Å². The zero-order valence-corrected chi connectivity index (χ0v) is 18.6. The first kappa shape index (κ1) is 21.6. The van der Waals surface area contributed by atoms with E-state index < -0.39 is 10.0 Å². The van der Waals surface area contributed by atoms with E-state index in [2.05, 4.69) is 22.4 Å². The van der Waals surface area contributed by atoms with Crippen molar-refractivity contribution in [2.45, 2.75) is 29.4 Å². The Morgan fingerprint density at radius 1 is 1.03 bits per heavy atom. The van der Waals surface area contributed by atoms with Crippen LogP contribution in [0.25, 0.3) is 0 Å². The Bertz CT molecular complexity index is 1120. The van der Waals surface area contributed by atoms with Gasteiger partial charge in [0, 0.05) is 37.7 Å². The lowest BCUT2D eigenvalue weighted by Gasteiger charge is -2.15. The predicted octanol–water partition coefficient (Wildman–Crippen LogP) is 3.45. The molecule has 2 heterocycles. The molecule has 1 fully saturated rings. The highest BCUT2D eigenvalue weighted by molar-refractivity contribution is 7.99. The zero-order chi connectivity index (χ0) is 21.7. The molecule has 1 amide bonds. The van der Waals surface area contributed by atoms with Gasteiger partial charge in [0.1, 0.15) is 0 Å². The second-order valence-corrected chi connectivity index (χ2v) is 10.2. The lowest BCUT2D eigenvalue weighted by Crippen LogP contribution is -2.27. The number of anilines is 1. The van der Waals surface area contributed by atoms with Crippen LogP contribution in [0.2, 0.25) is 0 Å². The molecule has 0 atom stereocenters. The largest absolute Gasteiger partial charge is 0.325 e. The summed E-state index contributed by atoms with van der Waals surface area (Å²) in [4.78, 5) is 17.0. The second kappa shape index (κ2) is 9.67. The summed E-state index contributed by atoms with van der Waals surface area (Å²) in [5.41, 5.74) is 1.73. The molecule has 4 rings (SSSR count). The molecule has 0 saturated carbocycles. The lowest BCUT2D eigenvalue weighted by atomic mass is 10.2. The lowest BCUT2D eigenvalue weighted by molar-refractivity contribution is -0.113. The van der Waals surface area contributed by atoms with E-state index in [1.54, 1.807) is 30.5 Å². The minimum absolute atomic E-state index is 0.172. The fourth-order valence-corrected chi connectivity index (χ4v) is 5.73. The Morgan fingerprint density at radius 2 is 1.74 bits per heavy atom. The molecule has 1 aromatic heterocycles. The van der Waals surface area contributed by atoms with Gasteiger partial charge in [0.15, 0.2) is 5.16 Å². The fourth-order valence-electron chi connectivity index (χ4n) is 3.45. The predicted molar refractivity (Wildman–Crippen MR) is 122 cm³/mol. The van der Waals surface area contributed by atoms with Crippen molar-refractivity contribution in [2.24, 2.45) is 0 Å². The van der Waals surface area contributed by atoms with Crippen molar-refractivity contribution < 1.29 is 13.2 Å². The standard InChI is InChI=1S/C22H24N4O3S2/c27-21(17-30-22-23-12-15-25(22)16-18-6-2-1-3-7-18)24-19-8-10-20(11-9-19)31(28,29)26-13-4-5-14-26/h1-3,6-12,15H,4-5,13-14,16-17H2,(H,24,27). The molecule has 162 valence electrons. The van der Waals surface area contributed by atoms with Crippen molar-refractivity contribution in [2.75, 3.05) is 24.2 Å². The summed E-state index contributed by atoms with van der Waals surface area (Å²) in [6.07, 6.45) is 5.42. The van der Waals surface area contributed by atoms with E-state index in [1.165, 1.54) is 16.1 Å². The Balaban J connectivity index is 1.32. The highest BCUT2D eigenvalue weighted by Gasteiger charge is 2.26. The molecule has 7 nitrogen and oxygen atoms in total. The normalized spacial score (nSPS) is 14.6. The maximum atomic E-state index is 12.6. The third-order valence-corrected chi connectivity index (χ3v) is 7.96. The first-order valence-electron chi connectivity index (χ1n) is 10.1. The maximum Gasteiger partial charge on any atom is 0.243 e. The Kier molecular flexibility index (Phi) is 6.74. The summed E-state index contributed by atoms with van der Waals surface area (Å²) in [6.45, 7) is 1.83. The molecule has 0 unspecified atom stereocenters. The molecular formula is C22H24N4O3S2. The molecule has 1 aliphatic heterocycles. The topological polar surface area (TPSA) is 84.3 Å². The van der Waals surface area contributed by atoms with E-state index in [1.807, 2.05) is 29.0 Å². The molecule has 1 aliphatic rings. The molecule has 0 radical (unpaired) electrons. The SMILES string of the molecule is O=C(CSc1nccn1Cc1ccccc1)Nc1ccc(S(=O)(=O)N2CCCC2)cc1. The Morgan fingerprint density at radius 3 is 2.45 bits per heavy atom. The molecule has 3 aromatic rings. The van der Waals surface area contributed by atoms with Crippen LogP contribution >= 0.6 is 11.8 Å². The van der Waals surface area contributed by atoms with Crippen LogP contribution in [0.4, 0.5) is 5.69 Å². The van der Waals surface area contributed by atoms with Gasteiger partial charge in [-0.2, -0.15) is 4.31 Å². The molecule has 1 saturated heterocycles. The van der Waals surface area contributed by atoms with Gasteiger partial charge in [-0.1, -0.05) is 42.1 Å². The number of aromatic nitrogens is 2. The van der Waals surface area contributed by atoms with Crippen molar-refractivity contribution in [3.05, 3.63) is 72.6 Å².